The first kappa shape index (κ1) is 2.94. The fourth-order valence-electron chi connectivity index (χ4n) is 0.869. The highest BCUT2D eigenvalue weighted by molar-refractivity contribution is 9.10. The lowest BCUT2D eigenvalue weighted by Gasteiger charge is -2.31. The molecule has 0 amide bonds. The summed E-state index contributed by atoms with van der Waals surface area (Å²) < 4.78 is 95.2. The van der Waals surface area contributed by atoms with E-state index in [-0.39, 0.29) is 9.50 Å². The van der Waals surface area contributed by atoms with Gasteiger partial charge in [-0.3, -0.25) is 4.98 Å². The van der Waals surface area contributed by atoms with Crippen molar-refractivity contribution in [3.05, 3.63) is 17.0 Å². The van der Waals surface area contributed by atoms with Gasteiger partial charge in [-0.15, -0.1) is 0 Å². The average Bonchev–Trinajstić information content (AvgIpc) is 2.42. The number of piperidine rings is 1. The summed E-state index contributed by atoms with van der Waals surface area (Å²) in [6.07, 6.45) is -5.26. The van der Waals surface area contributed by atoms with Gasteiger partial charge in [0.1, 0.15) is 10.4 Å². The maximum atomic E-state index is 8.22. The summed E-state index contributed by atoms with van der Waals surface area (Å²) in [6, 6.07) is 0. The number of hydrogen-bond donors (Lipinski definition) is 0. The van der Waals surface area contributed by atoms with Crippen LogP contribution in [0.1, 0.15) is 36.0 Å². The Labute approximate surface area is 110 Å². The molecule has 1 aliphatic heterocycles. The lowest BCUT2D eigenvalue weighted by Crippen LogP contribution is -2.34. The molecule has 3 nitrogen and oxygen atoms in total. The Morgan fingerprint density at radius 2 is 2.71 bits per heavy atom. The molecule has 1 aromatic heterocycles. The second-order valence-electron chi connectivity index (χ2n) is 2.38. The molecule has 76 valence electrons. The molecule has 0 spiro atoms. The Morgan fingerprint density at radius 1 is 1.79 bits per heavy atom. The highest BCUT2D eigenvalue weighted by atomic mass is 79.9. The van der Waals surface area contributed by atoms with Crippen LogP contribution in [-0.4, -0.2) is 23.0 Å². The molecule has 4 heteroatoms. The van der Waals surface area contributed by atoms with Crippen molar-refractivity contribution in [2.24, 2.45) is 5.89 Å². The van der Waals surface area contributed by atoms with E-state index >= 15 is 0 Å². The van der Waals surface area contributed by atoms with Crippen LogP contribution in [0.3, 0.4) is 0 Å². The van der Waals surface area contributed by atoms with Crippen LogP contribution < -0.4 is 4.90 Å². The molecule has 1 fully saturated rings. The molecule has 0 saturated carbocycles. The zero-order valence-electron chi connectivity index (χ0n) is 18.9. The lowest BCUT2D eigenvalue weighted by atomic mass is 10.0. The Bertz CT molecular complexity index is 719. The van der Waals surface area contributed by atoms with Crippen LogP contribution >= 0.6 is 15.9 Å². The number of hydrogen-bond acceptors (Lipinski definition) is 3. The fraction of sp³-hybridized carbons (Fsp3) is 0.600. The van der Waals surface area contributed by atoms with Gasteiger partial charge in [-0.05, 0) is 34.6 Å². The molecule has 1 atom stereocenters. The molecule has 0 aliphatic carbocycles. The zero-order chi connectivity index (χ0) is 20.6. The smallest absolute Gasteiger partial charge is 0.148 e. The van der Waals surface area contributed by atoms with E-state index in [9.17, 15) is 0 Å². The van der Waals surface area contributed by atoms with E-state index in [1.165, 1.54) is 6.20 Å². The van der Waals surface area contributed by atoms with Crippen molar-refractivity contribution in [1.82, 2.24) is 9.97 Å². The summed E-state index contributed by atoms with van der Waals surface area (Å²) in [5.74, 6) is -4.28. The first-order chi connectivity index (χ1) is 11.4. The summed E-state index contributed by atoms with van der Waals surface area (Å²) in [7, 11) is 0. The molecule has 1 saturated heterocycles. The lowest BCUT2D eigenvalue weighted by molar-refractivity contribution is 0.444. The van der Waals surface area contributed by atoms with E-state index in [0.29, 0.717) is 0 Å². The molecule has 1 aliphatic rings. The summed E-state index contributed by atoms with van der Waals surface area (Å²) in [6.45, 7) is -10.6. The van der Waals surface area contributed by atoms with Gasteiger partial charge < -0.3 is 4.90 Å². The van der Waals surface area contributed by atoms with Gasteiger partial charge in [-0.25, -0.2) is 4.98 Å². The third kappa shape index (κ3) is 2.23. The topological polar surface area (TPSA) is 29.0 Å². The van der Waals surface area contributed by atoms with Crippen molar-refractivity contribution in [2.45, 2.75) is 19.6 Å². The van der Waals surface area contributed by atoms with Crippen molar-refractivity contribution in [2.75, 3.05) is 17.9 Å². The Morgan fingerprint density at radius 3 is 3.50 bits per heavy atom. The van der Waals surface area contributed by atoms with E-state index in [4.69, 9.17) is 16.4 Å². The third-order valence-corrected chi connectivity index (χ3v) is 1.78. The minimum atomic E-state index is -3.73. The van der Waals surface area contributed by atoms with E-state index < -0.39 is 44.3 Å². The van der Waals surface area contributed by atoms with Crippen LogP contribution in [0.25, 0.3) is 0 Å². The van der Waals surface area contributed by atoms with E-state index in [1.54, 1.807) is 0 Å². The Hall–Kier alpha value is -0.640. The molecule has 0 radical (unpaired) electrons. The first-order valence-electron chi connectivity index (χ1n) is 9.65. The van der Waals surface area contributed by atoms with Gasteiger partial charge in [0.15, 0.2) is 0 Å². The average molecular weight is 268 g/mol. The summed E-state index contributed by atoms with van der Waals surface area (Å²) in [5.41, 5.74) is 0. The van der Waals surface area contributed by atoms with Gasteiger partial charge in [0, 0.05) is 29.4 Å². The van der Waals surface area contributed by atoms with E-state index in [2.05, 4.69) is 25.9 Å². The van der Waals surface area contributed by atoms with Crippen LogP contribution in [-0.2, 0) is 0 Å². The van der Waals surface area contributed by atoms with Crippen LogP contribution in [0.4, 0.5) is 5.82 Å². The molecule has 0 aromatic carbocycles. The van der Waals surface area contributed by atoms with E-state index in [0.717, 1.165) is 6.20 Å². The number of rotatable bonds is 1. The van der Waals surface area contributed by atoms with Gasteiger partial charge >= 0.3 is 0 Å². The van der Waals surface area contributed by atoms with Crippen molar-refractivity contribution in [3.63, 3.8) is 0 Å². The Balaban J connectivity index is 2.93. The van der Waals surface area contributed by atoms with Crippen molar-refractivity contribution in [1.29, 1.82) is 0 Å². The maximum absolute atomic E-state index is 8.22. The molecule has 1 unspecified atom stereocenters. The second-order valence-corrected chi connectivity index (χ2v) is 3.20. The van der Waals surface area contributed by atoms with Crippen LogP contribution in [0, 0.1) is 5.89 Å². The highest BCUT2D eigenvalue weighted by Gasteiger charge is 2.17. The van der Waals surface area contributed by atoms with Gasteiger partial charge in [-0.1, -0.05) is 6.85 Å². The predicted molar refractivity (Wildman–Crippen MR) is 60.3 cm³/mol. The van der Waals surface area contributed by atoms with Crippen LogP contribution in [0.15, 0.2) is 17.0 Å². The summed E-state index contributed by atoms with van der Waals surface area (Å²) in [4.78, 5) is 7.52. The summed E-state index contributed by atoms with van der Waals surface area (Å²) in [5, 5.41) is 0. The molecule has 1 aromatic rings. The van der Waals surface area contributed by atoms with Gasteiger partial charge in [0.05, 0.1) is 12.4 Å². The normalized spacial score (nSPS) is 55.6. The number of nitrogens with zero attached hydrogens (tertiary/aromatic N) is 3. The minimum absolute atomic E-state index is 0.0280. The van der Waals surface area contributed by atoms with Gasteiger partial charge in [-0.2, -0.15) is 0 Å². The quantitative estimate of drug-likeness (QED) is 0.783. The number of anilines is 1. The monoisotopic (exact) mass is 267 g/mol. The van der Waals surface area contributed by atoms with E-state index in [1.807, 2.05) is 0 Å². The third-order valence-electron chi connectivity index (χ3n) is 1.40. The van der Waals surface area contributed by atoms with Crippen molar-refractivity contribution >= 4 is 21.7 Å². The maximum Gasteiger partial charge on any atom is 0.148 e. The molecule has 0 N–H and O–H groups in total. The number of aromatic nitrogens is 2. The molecule has 14 heavy (non-hydrogen) atoms. The molecule has 2 heterocycles. The van der Waals surface area contributed by atoms with Crippen LogP contribution in [0.2, 0.25) is 0 Å². The fourth-order valence-corrected chi connectivity index (χ4v) is 1.17. The van der Waals surface area contributed by atoms with Crippen LogP contribution in [0.5, 0.6) is 0 Å². The molecular weight excluding hydrogens is 242 g/mol. The summed E-state index contributed by atoms with van der Waals surface area (Å²) >= 11 is 2.95. The zero-order valence-corrected chi connectivity index (χ0v) is 8.46. The molecule has 2 rings (SSSR count). The highest BCUT2D eigenvalue weighted by Crippen LogP contribution is 2.21. The first-order valence-corrected chi connectivity index (χ1v) is 4.44. The largest absolute Gasteiger partial charge is 0.355 e. The van der Waals surface area contributed by atoms with Gasteiger partial charge in [0.2, 0.25) is 0 Å². The standard InChI is InChI=1S/C10H14BrN3/c1-8-3-2-4-14(7-8)10-6-12-5-9(11)13-10/h5-6,8H,2-4,7H2,1H3/i1D3,2D2,3D2,4D2,7D2,8D. The molecule has 0 bridgehead atoms. The van der Waals surface area contributed by atoms with Crippen molar-refractivity contribution < 1.29 is 16.4 Å². The number of halogens is 1. The van der Waals surface area contributed by atoms with Gasteiger partial charge in [0.25, 0.3) is 0 Å². The SMILES string of the molecule is [2H]C([2H])([2H])C1([2H])C([2H])([2H])N(c2cncc(Br)n2)C([2H])([2H])C([2H])([2H])C1([2H])[2H]. The second kappa shape index (κ2) is 4.26. The van der Waals surface area contributed by atoms with Crippen molar-refractivity contribution in [3.8, 4) is 0 Å². The minimum Gasteiger partial charge on any atom is -0.355 e. The predicted octanol–water partition coefficient (Wildman–Crippen LogP) is 2.48. The molecular formula is C10H14BrN3. The Kier molecular flexibility index (Phi) is 0.893.